The zero-order valence-corrected chi connectivity index (χ0v) is 15.1. The Labute approximate surface area is 160 Å². The molecule has 0 saturated heterocycles. The van der Waals surface area contributed by atoms with E-state index in [9.17, 15) is 14.0 Å². The van der Waals surface area contributed by atoms with Crippen molar-refractivity contribution in [2.75, 3.05) is 0 Å². The fraction of sp³-hybridized carbons (Fsp3) is 0.238. The third-order valence-electron chi connectivity index (χ3n) is 5.18. The summed E-state index contributed by atoms with van der Waals surface area (Å²) in [6.07, 6.45) is 1.09. The first-order valence-electron chi connectivity index (χ1n) is 8.94. The maximum Gasteiger partial charge on any atom is 0.252 e. The van der Waals surface area contributed by atoms with Gasteiger partial charge in [0, 0.05) is 16.5 Å². The van der Waals surface area contributed by atoms with E-state index in [0.29, 0.717) is 35.0 Å². The molecular weight excluding hydrogens is 359 g/mol. The number of fused-ring (bicyclic) bond motifs is 1. The zero-order chi connectivity index (χ0) is 19.9. The van der Waals surface area contributed by atoms with Gasteiger partial charge in [0.15, 0.2) is 0 Å². The van der Waals surface area contributed by atoms with Crippen LogP contribution >= 0.6 is 0 Å². The fourth-order valence-corrected chi connectivity index (χ4v) is 3.44. The van der Waals surface area contributed by atoms with Gasteiger partial charge in [-0.1, -0.05) is 6.07 Å². The molecule has 1 atom stereocenters. The van der Waals surface area contributed by atoms with Crippen molar-refractivity contribution in [3.63, 3.8) is 0 Å². The second kappa shape index (κ2) is 6.57. The number of nitriles is 1. The van der Waals surface area contributed by atoms with Crippen LogP contribution in [0, 0.1) is 17.1 Å². The molecule has 140 valence electrons. The van der Waals surface area contributed by atoms with Gasteiger partial charge in [0.2, 0.25) is 5.91 Å². The van der Waals surface area contributed by atoms with E-state index in [1.165, 1.54) is 18.2 Å². The van der Waals surface area contributed by atoms with E-state index in [1.54, 1.807) is 31.2 Å². The van der Waals surface area contributed by atoms with Crippen LogP contribution in [0.2, 0.25) is 0 Å². The fourth-order valence-electron chi connectivity index (χ4n) is 3.44. The minimum Gasteiger partial charge on any atom is -0.347 e. The minimum absolute atomic E-state index is 0.271. The van der Waals surface area contributed by atoms with Crippen LogP contribution < -0.4 is 10.9 Å². The highest BCUT2D eigenvalue weighted by atomic mass is 19.1. The van der Waals surface area contributed by atoms with Gasteiger partial charge in [0.25, 0.3) is 5.56 Å². The molecule has 2 aromatic heterocycles. The number of aromatic amines is 1. The molecule has 0 radical (unpaired) electrons. The first-order chi connectivity index (χ1) is 13.4. The van der Waals surface area contributed by atoms with Crippen molar-refractivity contribution in [3.8, 4) is 6.07 Å². The Morgan fingerprint density at radius 2 is 2.11 bits per heavy atom. The number of aromatic nitrogens is 2. The molecule has 1 aliphatic carbocycles. The number of nitrogens with zero attached hydrogens (tertiary/aromatic N) is 2. The van der Waals surface area contributed by atoms with E-state index in [4.69, 9.17) is 5.26 Å². The predicted octanol–water partition coefficient (Wildman–Crippen LogP) is 2.84. The summed E-state index contributed by atoms with van der Waals surface area (Å²) >= 11 is 0. The molecule has 0 aliphatic heterocycles. The van der Waals surface area contributed by atoms with E-state index in [-0.39, 0.29) is 17.2 Å². The van der Waals surface area contributed by atoms with Crippen LogP contribution in [0.15, 0.2) is 47.3 Å². The Balaban J connectivity index is 1.64. The quantitative estimate of drug-likeness (QED) is 0.731. The molecule has 2 N–H and O–H groups in total. The summed E-state index contributed by atoms with van der Waals surface area (Å²) in [5, 5.41) is 12.4. The first kappa shape index (κ1) is 17.9. The van der Waals surface area contributed by atoms with Gasteiger partial charge in [-0.2, -0.15) is 5.26 Å². The molecule has 6 nitrogen and oxygen atoms in total. The largest absolute Gasteiger partial charge is 0.347 e. The SMILES string of the molecule is C[C@H](NC(=O)C1(c2cc3cc(F)ccc3[nH]c2=O)CC1)c1cccc(C#N)n1. The minimum atomic E-state index is -0.921. The van der Waals surface area contributed by atoms with Crippen LogP contribution in [0.5, 0.6) is 0 Å². The predicted molar refractivity (Wildman–Crippen MR) is 101 cm³/mol. The average Bonchev–Trinajstić information content (AvgIpc) is 3.49. The van der Waals surface area contributed by atoms with E-state index in [1.807, 2.05) is 6.07 Å². The molecule has 28 heavy (non-hydrogen) atoms. The number of rotatable bonds is 4. The summed E-state index contributed by atoms with van der Waals surface area (Å²) in [7, 11) is 0. The van der Waals surface area contributed by atoms with Gasteiger partial charge >= 0.3 is 0 Å². The van der Waals surface area contributed by atoms with Gasteiger partial charge < -0.3 is 10.3 Å². The number of amides is 1. The van der Waals surface area contributed by atoms with Gasteiger partial charge in [-0.05, 0) is 56.2 Å². The van der Waals surface area contributed by atoms with Crippen LogP contribution in [0.1, 0.15) is 42.8 Å². The summed E-state index contributed by atoms with van der Waals surface area (Å²) in [4.78, 5) is 32.5. The second-order valence-corrected chi connectivity index (χ2v) is 7.08. The maximum absolute atomic E-state index is 13.6. The molecule has 0 spiro atoms. The lowest BCUT2D eigenvalue weighted by Crippen LogP contribution is -2.39. The van der Waals surface area contributed by atoms with Crippen molar-refractivity contribution in [2.45, 2.75) is 31.2 Å². The number of benzene rings is 1. The van der Waals surface area contributed by atoms with Crippen molar-refractivity contribution in [1.82, 2.24) is 15.3 Å². The van der Waals surface area contributed by atoms with Crippen molar-refractivity contribution >= 4 is 16.8 Å². The van der Waals surface area contributed by atoms with E-state index in [2.05, 4.69) is 15.3 Å². The third kappa shape index (κ3) is 3.03. The molecule has 1 aromatic carbocycles. The van der Waals surface area contributed by atoms with Gasteiger partial charge in [0.05, 0.1) is 17.2 Å². The van der Waals surface area contributed by atoms with Crippen molar-refractivity contribution in [2.24, 2.45) is 0 Å². The van der Waals surface area contributed by atoms with Crippen LogP contribution in [0.3, 0.4) is 0 Å². The molecule has 3 aromatic rings. The number of hydrogen-bond donors (Lipinski definition) is 2. The topological polar surface area (TPSA) is 98.6 Å². The summed E-state index contributed by atoms with van der Waals surface area (Å²) in [5.41, 5.74) is 0.440. The number of pyridine rings is 2. The lowest BCUT2D eigenvalue weighted by atomic mass is 9.94. The van der Waals surface area contributed by atoms with Crippen molar-refractivity contribution in [3.05, 3.63) is 75.6 Å². The second-order valence-electron chi connectivity index (χ2n) is 7.08. The molecule has 1 fully saturated rings. The third-order valence-corrected chi connectivity index (χ3v) is 5.18. The number of hydrogen-bond acceptors (Lipinski definition) is 4. The highest BCUT2D eigenvalue weighted by molar-refractivity contribution is 5.92. The van der Waals surface area contributed by atoms with Crippen LogP contribution in [-0.4, -0.2) is 15.9 Å². The van der Waals surface area contributed by atoms with E-state index in [0.717, 1.165) is 0 Å². The molecule has 0 bridgehead atoms. The average molecular weight is 376 g/mol. The molecule has 0 unspecified atom stereocenters. The van der Waals surface area contributed by atoms with Gasteiger partial charge in [-0.15, -0.1) is 0 Å². The zero-order valence-electron chi connectivity index (χ0n) is 15.1. The molecule has 1 amide bonds. The highest BCUT2D eigenvalue weighted by Crippen LogP contribution is 2.47. The lowest BCUT2D eigenvalue weighted by molar-refractivity contribution is -0.124. The molecule has 1 aliphatic rings. The molecular formula is C21H17FN4O2. The summed E-state index contributed by atoms with van der Waals surface area (Å²) in [5.74, 6) is -0.678. The van der Waals surface area contributed by atoms with Gasteiger partial charge in [-0.3, -0.25) is 9.59 Å². The van der Waals surface area contributed by atoms with Gasteiger partial charge in [-0.25, -0.2) is 9.37 Å². The van der Waals surface area contributed by atoms with E-state index < -0.39 is 17.3 Å². The Morgan fingerprint density at radius 3 is 2.82 bits per heavy atom. The number of nitrogens with one attached hydrogen (secondary N) is 2. The van der Waals surface area contributed by atoms with Crippen LogP contribution in [0.25, 0.3) is 10.9 Å². The maximum atomic E-state index is 13.6. The lowest BCUT2D eigenvalue weighted by Gasteiger charge is -2.19. The van der Waals surface area contributed by atoms with Crippen molar-refractivity contribution < 1.29 is 9.18 Å². The number of carbonyl (C=O) groups is 1. The molecule has 7 heteroatoms. The van der Waals surface area contributed by atoms with Crippen LogP contribution in [-0.2, 0) is 10.2 Å². The Hall–Kier alpha value is -3.53. The number of carbonyl (C=O) groups excluding carboxylic acids is 1. The Morgan fingerprint density at radius 1 is 1.32 bits per heavy atom. The van der Waals surface area contributed by atoms with Crippen LogP contribution in [0.4, 0.5) is 4.39 Å². The molecule has 2 heterocycles. The summed E-state index contributed by atoms with van der Waals surface area (Å²) in [6, 6.07) is 12.3. The summed E-state index contributed by atoms with van der Waals surface area (Å²) < 4.78 is 13.6. The first-order valence-corrected chi connectivity index (χ1v) is 8.94. The molecule has 4 rings (SSSR count). The monoisotopic (exact) mass is 376 g/mol. The number of H-pyrrole nitrogens is 1. The number of halogens is 1. The van der Waals surface area contributed by atoms with Crippen molar-refractivity contribution in [1.29, 1.82) is 5.26 Å². The molecule has 1 saturated carbocycles. The standard InChI is InChI=1S/C21H17FN4O2/c1-12(17-4-2-3-15(11-23)25-17)24-20(28)21(7-8-21)16-10-13-9-14(22)5-6-18(13)26-19(16)27/h2-6,9-10,12H,7-8H2,1H3,(H,24,28)(H,26,27)/t12-/m0/s1. The Bertz CT molecular complexity index is 1190. The van der Waals surface area contributed by atoms with Gasteiger partial charge in [0.1, 0.15) is 17.6 Å². The van der Waals surface area contributed by atoms with E-state index >= 15 is 0 Å². The Kier molecular flexibility index (Phi) is 4.19. The highest BCUT2D eigenvalue weighted by Gasteiger charge is 2.53. The summed E-state index contributed by atoms with van der Waals surface area (Å²) in [6.45, 7) is 1.78. The normalized spacial score (nSPS) is 15.6. The smallest absolute Gasteiger partial charge is 0.252 e.